The van der Waals surface area contributed by atoms with E-state index in [1.54, 1.807) is 11.3 Å². The second-order valence-electron chi connectivity index (χ2n) is 6.58. The highest BCUT2D eigenvalue weighted by Crippen LogP contribution is 2.38. The Kier molecular flexibility index (Phi) is 6.03. The number of hydrogen-bond donors (Lipinski definition) is 2. The number of nitrogens with one attached hydrogen (secondary N) is 2. The standard InChI is InChI=1S/C17H26N2O2S2/c1-5-17(2,3)19-16(22)18-14-13(15(20)21-4)11-9-7-6-8-10-12(11)23-14/h5-10H2,1-4H3,(H2,18,19,22). The Morgan fingerprint density at radius 2 is 2.00 bits per heavy atom. The third-order valence-corrected chi connectivity index (χ3v) is 5.79. The molecule has 0 atom stereocenters. The number of thiophene rings is 1. The van der Waals surface area contributed by atoms with Crippen LogP contribution < -0.4 is 10.6 Å². The second-order valence-corrected chi connectivity index (χ2v) is 8.09. The van der Waals surface area contributed by atoms with Crippen molar-refractivity contribution in [1.29, 1.82) is 0 Å². The Morgan fingerprint density at radius 3 is 2.65 bits per heavy atom. The van der Waals surface area contributed by atoms with Crippen LogP contribution in [0.2, 0.25) is 0 Å². The first-order valence-electron chi connectivity index (χ1n) is 8.20. The summed E-state index contributed by atoms with van der Waals surface area (Å²) in [6, 6.07) is 0. The summed E-state index contributed by atoms with van der Waals surface area (Å²) in [6.45, 7) is 6.32. The van der Waals surface area contributed by atoms with E-state index in [4.69, 9.17) is 17.0 Å². The molecule has 6 heteroatoms. The second kappa shape index (κ2) is 7.62. The number of fused-ring (bicyclic) bond motifs is 1. The third-order valence-electron chi connectivity index (χ3n) is 4.37. The Balaban J connectivity index is 2.27. The summed E-state index contributed by atoms with van der Waals surface area (Å²) in [7, 11) is 1.43. The molecule has 0 unspecified atom stereocenters. The molecule has 1 aliphatic rings. The summed E-state index contributed by atoms with van der Waals surface area (Å²) in [4.78, 5) is 13.6. The molecule has 4 nitrogen and oxygen atoms in total. The lowest BCUT2D eigenvalue weighted by molar-refractivity contribution is 0.0601. The van der Waals surface area contributed by atoms with Crippen LogP contribution in [-0.4, -0.2) is 23.7 Å². The fourth-order valence-electron chi connectivity index (χ4n) is 2.68. The SMILES string of the molecule is CCC(C)(C)NC(=S)Nc1sc2c(c1C(=O)OC)CCCCC2. The largest absolute Gasteiger partial charge is 0.465 e. The van der Waals surface area contributed by atoms with Gasteiger partial charge in [0.05, 0.1) is 12.7 Å². The molecule has 1 aliphatic carbocycles. The Bertz CT molecular complexity index is 594. The Labute approximate surface area is 148 Å². The van der Waals surface area contributed by atoms with E-state index in [9.17, 15) is 4.79 Å². The van der Waals surface area contributed by atoms with Crippen LogP contribution in [0.5, 0.6) is 0 Å². The summed E-state index contributed by atoms with van der Waals surface area (Å²) in [5.41, 5.74) is 1.75. The molecular weight excluding hydrogens is 328 g/mol. The monoisotopic (exact) mass is 354 g/mol. The van der Waals surface area contributed by atoms with E-state index in [1.807, 2.05) is 0 Å². The molecule has 0 aromatic carbocycles. The van der Waals surface area contributed by atoms with Crippen LogP contribution in [0.4, 0.5) is 5.00 Å². The van der Waals surface area contributed by atoms with Gasteiger partial charge in [0.1, 0.15) is 5.00 Å². The van der Waals surface area contributed by atoms with Crippen LogP contribution in [-0.2, 0) is 17.6 Å². The van der Waals surface area contributed by atoms with Crippen LogP contribution in [0, 0.1) is 0 Å². The maximum Gasteiger partial charge on any atom is 0.341 e. The van der Waals surface area contributed by atoms with Crippen LogP contribution in [0.1, 0.15) is 67.3 Å². The molecular formula is C17H26N2O2S2. The molecule has 0 fully saturated rings. The van der Waals surface area contributed by atoms with Gasteiger partial charge < -0.3 is 15.4 Å². The highest BCUT2D eigenvalue weighted by molar-refractivity contribution is 7.80. The number of carbonyl (C=O) groups is 1. The average molecular weight is 355 g/mol. The summed E-state index contributed by atoms with van der Waals surface area (Å²) < 4.78 is 5.01. The minimum Gasteiger partial charge on any atom is -0.465 e. The summed E-state index contributed by atoms with van der Waals surface area (Å²) in [5.74, 6) is -0.274. The number of hydrogen-bond acceptors (Lipinski definition) is 4. The van der Waals surface area contributed by atoms with Gasteiger partial charge in [0.15, 0.2) is 5.11 Å². The lowest BCUT2D eigenvalue weighted by Crippen LogP contribution is -2.44. The maximum atomic E-state index is 12.3. The number of thiocarbonyl (C=S) groups is 1. The van der Waals surface area contributed by atoms with Gasteiger partial charge in [-0.25, -0.2) is 4.79 Å². The molecule has 23 heavy (non-hydrogen) atoms. The molecule has 2 rings (SSSR count). The number of esters is 1. The molecule has 0 saturated heterocycles. The van der Waals surface area contributed by atoms with E-state index in [0.29, 0.717) is 10.7 Å². The zero-order valence-electron chi connectivity index (χ0n) is 14.4. The van der Waals surface area contributed by atoms with Gasteiger partial charge in [-0.2, -0.15) is 0 Å². The molecule has 0 aliphatic heterocycles. The average Bonchev–Trinajstić information content (AvgIpc) is 2.67. The number of aryl methyl sites for hydroxylation is 1. The highest BCUT2D eigenvalue weighted by atomic mass is 32.1. The summed E-state index contributed by atoms with van der Waals surface area (Å²) in [6.07, 6.45) is 6.46. The minimum absolute atomic E-state index is 0.0795. The molecule has 1 aromatic heterocycles. The van der Waals surface area contributed by atoms with Crippen molar-refractivity contribution in [2.24, 2.45) is 0 Å². The predicted molar refractivity (Wildman–Crippen MR) is 101 cm³/mol. The number of carbonyl (C=O) groups excluding carboxylic acids is 1. The Hall–Kier alpha value is -1.14. The molecule has 0 bridgehead atoms. The Morgan fingerprint density at radius 1 is 1.30 bits per heavy atom. The van der Waals surface area contributed by atoms with Crippen molar-refractivity contribution in [1.82, 2.24) is 5.32 Å². The zero-order chi connectivity index (χ0) is 17.0. The fourth-order valence-corrected chi connectivity index (χ4v) is 4.40. The van der Waals surface area contributed by atoms with Gasteiger partial charge >= 0.3 is 5.97 Å². The van der Waals surface area contributed by atoms with Gasteiger partial charge in [0.25, 0.3) is 0 Å². The van der Waals surface area contributed by atoms with E-state index < -0.39 is 0 Å². The lowest BCUT2D eigenvalue weighted by Gasteiger charge is -2.26. The number of anilines is 1. The predicted octanol–water partition coefficient (Wildman–Crippen LogP) is 4.28. The molecule has 0 radical (unpaired) electrons. The molecule has 128 valence electrons. The third kappa shape index (κ3) is 4.44. The number of methoxy groups -OCH3 is 1. The fraction of sp³-hybridized carbons (Fsp3) is 0.647. The van der Waals surface area contributed by atoms with Crippen LogP contribution in [0.25, 0.3) is 0 Å². The topological polar surface area (TPSA) is 50.4 Å². The number of rotatable bonds is 4. The first-order valence-corrected chi connectivity index (χ1v) is 9.42. The maximum absolute atomic E-state index is 12.3. The molecule has 0 saturated carbocycles. The first-order chi connectivity index (χ1) is 10.9. The van der Waals surface area contributed by atoms with Crippen LogP contribution in [0.15, 0.2) is 0 Å². The first kappa shape index (κ1) is 18.2. The van der Waals surface area contributed by atoms with Crippen molar-refractivity contribution in [3.05, 3.63) is 16.0 Å². The normalized spacial score (nSPS) is 14.6. The molecule has 1 heterocycles. The van der Waals surface area contributed by atoms with Gasteiger partial charge in [-0.3, -0.25) is 0 Å². The summed E-state index contributed by atoms with van der Waals surface area (Å²) >= 11 is 7.07. The molecule has 1 aromatic rings. The van der Waals surface area contributed by atoms with Crippen molar-refractivity contribution in [3.8, 4) is 0 Å². The van der Waals surface area contributed by atoms with Gasteiger partial charge in [-0.1, -0.05) is 13.3 Å². The number of ether oxygens (including phenoxy) is 1. The van der Waals surface area contributed by atoms with E-state index in [0.717, 1.165) is 36.2 Å². The lowest BCUT2D eigenvalue weighted by atomic mass is 10.0. The van der Waals surface area contributed by atoms with Gasteiger partial charge in [0, 0.05) is 10.4 Å². The van der Waals surface area contributed by atoms with Gasteiger partial charge in [-0.05, 0) is 63.7 Å². The van der Waals surface area contributed by atoms with Crippen molar-refractivity contribution in [2.45, 2.75) is 64.8 Å². The van der Waals surface area contributed by atoms with Crippen molar-refractivity contribution < 1.29 is 9.53 Å². The molecule has 0 amide bonds. The van der Waals surface area contributed by atoms with Gasteiger partial charge in [0.2, 0.25) is 0 Å². The van der Waals surface area contributed by atoms with E-state index in [1.165, 1.54) is 24.8 Å². The van der Waals surface area contributed by atoms with E-state index in [-0.39, 0.29) is 11.5 Å². The van der Waals surface area contributed by atoms with E-state index in [2.05, 4.69) is 31.4 Å². The zero-order valence-corrected chi connectivity index (χ0v) is 16.0. The van der Waals surface area contributed by atoms with E-state index >= 15 is 0 Å². The van der Waals surface area contributed by atoms with Gasteiger partial charge in [-0.15, -0.1) is 11.3 Å². The van der Waals surface area contributed by atoms with Crippen LogP contribution >= 0.6 is 23.6 Å². The summed E-state index contributed by atoms with van der Waals surface area (Å²) in [5, 5.41) is 7.91. The quantitative estimate of drug-likeness (QED) is 0.480. The smallest absolute Gasteiger partial charge is 0.341 e. The van der Waals surface area contributed by atoms with Crippen molar-refractivity contribution in [2.75, 3.05) is 12.4 Å². The molecule has 0 spiro atoms. The van der Waals surface area contributed by atoms with Crippen LogP contribution in [0.3, 0.4) is 0 Å². The minimum atomic E-state index is -0.274. The molecule has 2 N–H and O–H groups in total. The van der Waals surface area contributed by atoms with Crippen molar-refractivity contribution >= 4 is 39.6 Å². The highest BCUT2D eigenvalue weighted by Gasteiger charge is 2.26. The van der Waals surface area contributed by atoms with Crippen molar-refractivity contribution in [3.63, 3.8) is 0 Å².